The Labute approximate surface area is 226 Å². The average Bonchev–Trinajstić information content (AvgIpc) is 3.38. The maximum atomic E-state index is 11.7. The molecule has 2 aromatic heterocycles. The van der Waals surface area contributed by atoms with Crippen molar-refractivity contribution < 1.29 is 19.1 Å². The third-order valence-electron chi connectivity index (χ3n) is 7.18. The fourth-order valence-electron chi connectivity index (χ4n) is 4.95. The van der Waals surface area contributed by atoms with Crippen molar-refractivity contribution in [2.24, 2.45) is 17.6 Å². The van der Waals surface area contributed by atoms with Crippen molar-refractivity contribution in [2.45, 2.75) is 63.5 Å². The predicted molar refractivity (Wildman–Crippen MR) is 143 cm³/mol. The lowest BCUT2D eigenvalue weighted by Gasteiger charge is -2.27. The minimum atomic E-state index is -0.128. The number of nitrogens with zero attached hydrogens (tertiary/aromatic N) is 5. The number of halogens is 1. The Balaban J connectivity index is 0.000000257. The largest absolute Gasteiger partial charge is 0.469 e. The van der Waals surface area contributed by atoms with Gasteiger partial charge in [0.25, 0.3) is 0 Å². The van der Waals surface area contributed by atoms with E-state index in [2.05, 4.69) is 30.3 Å². The predicted octanol–water partition coefficient (Wildman–Crippen LogP) is 3.68. The number of benzene rings is 1. The number of methoxy groups -OCH3 is 2. The van der Waals surface area contributed by atoms with E-state index in [0.717, 1.165) is 62.4 Å². The smallest absolute Gasteiger partial charge is 0.308 e. The summed E-state index contributed by atoms with van der Waals surface area (Å²) in [4.78, 5) is 31.5. The van der Waals surface area contributed by atoms with E-state index in [1.807, 2.05) is 24.3 Å². The van der Waals surface area contributed by atoms with Crippen LogP contribution in [0, 0.1) is 11.8 Å². The van der Waals surface area contributed by atoms with Crippen molar-refractivity contribution in [3.8, 4) is 5.82 Å². The summed E-state index contributed by atoms with van der Waals surface area (Å²) in [6.07, 6.45) is 8.56. The first kappa shape index (κ1) is 27.7. The summed E-state index contributed by atoms with van der Waals surface area (Å²) in [5.74, 6) is 0.853. The van der Waals surface area contributed by atoms with Crippen molar-refractivity contribution in [1.29, 1.82) is 0 Å². The molecule has 3 N–H and O–H groups in total. The summed E-state index contributed by atoms with van der Waals surface area (Å²) in [7, 11) is 2.88. The van der Waals surface area contributed by atoms with Crippen LogP contribution in [0.2, 0.25) is 5.02 Å². The number of aromatic nitrogens is 5. The van der Waals surface area contributed by atoms with Crippen LogP contribution in [0.3, 0.4) is 0 Å². The summed E-state index contributed by atoms with van der Waals surface area (Å²) in [5.41, 5.74) is 7.27. The zero-order valence-corrected chi connectivity index (χ0v) is 22.4. The Bertz CT molecular complexity index is 1240. The third kappa shape index (κ3) is 6.76. The molecule has 204 valence electrons. The van der Waals surface area contributed by atoms with E-state index in [4.69, 9.17) is 22.1 Å². The Morgan fingerprint density at radius 2 is 1.58 bits per heavy atom. The number of nitrogens with two attached hydrogens (primary N) is 1. The Hall–Kier alpha value is -3.31. The fraction of sp³-hybridized carbons (Fsp3) is 0.538. The topological polar surface area (TPSA) is 147 Å². The van der Waals surface area contributed by atoms with Gasteiger partial charge < -0.3 is 20.5 Å². The molecule has 2 aliphatic rings. The Kier molecular flexibility index (Phi) is 9.46. The highest BCUT2D eigenvalue weighted by Crippen LogP contribution is 2.28. The van der Waals surface area contributed by atoms with E-state index in [1.54, 1.807) is 10.9 Å². The lowest BCUT2D eigenvalue weighted by molar-refractivity contribution is -0.147. The first-order valence-corrected chi connectivity index (χ1v) is 13.3. The van der Waals surface area contributed by atoms with Crippen LogP contribution >= 0.6 is 11.6 Å². The molecule has 1 aromatic carbocycles. The van der Waals surface area contributed by atoms with Gasteiger partial charge in [-0.15, -0.1) is 5.10 Å². The van der Waals surface area contributed by atoms with Gasteiger partial charge in [0.2, 0.25) is 5.95 Å². The van der Waals surface area contributed by atoms with Gasteiger partial charge in [0.15, 0.2) is 5.82 Å². The van der Waals surface area contributed by atoms with E-state index in [-0.39, 0.29) is 29.8 Å². The quantitative estimate of drug-likeness (QED) is 0.456. The van der Waals surface area contributed by atoms with Crippen molar-refractivity contribution >= 4 is 40.5 Å². The molecule has 2 heterocycles. The standard InChI is InChI=1S/C18H19ClN6O2.C8H15NO2/c1-27-17(26)11-6-8-12(9-7-11)21-18-20-10-13(19)16(22-18)25-15-5-3-2-4-14(15)23-24-25;1-11-8(10)6-2-4-7(9)5-3-6/h2-5,10-12H,6-9H2,1H3,(H,20,21,22);6-7H,2-5,9H2,1H3. The fourth-order valence-corrected chi connectivity index (χ4v) is 5.12. The molecule has 0 saturated heterocycles. The Morgan fingerprint density at radius 1 is 0.974 bits per heavy atom. The van der Waals surface area contributed by atoms with Gasteiger partial charge in [0.1, 0.15) is 10.5 Å². The van der Waals surface area contributed by atoms with Crippen molar-refractivity contribution in [3.63, 3.8) is 0 Å². The second kappa shape index (κ2) is 13.0. The van der Waals surface area contributed by atoms with Gasteiger partial charge in [0.05, 0.1) is 37.8 Å². The van der Waals surface area contributed by atoms with E-state index in [1.165, 1.54) is 14.2 Å². The van der Waals surface area contributed by atoms with Gasteiger partial charge in [-0.05, 0) is 63.5 Å². The number of para-hydroxylation sites is 1. The van der Waals surface area contributed by atoms with Crippen LogP contribution in [-0.4, -0.2) is 63.2 Å². The highest BCUT2D eigenvalue weighted by atomic mass is 35.5. The summed E-state index contributed by atoms with van der Waals surface area (Å²) in [6, 6.07) is 8.11. The number of hydrogen-bond acceptors (Lipinski definition) is 10. The first-order valence-electron chi connectivity index (χ1n) is 12.9. The number of ether oxygens (including phenoxy) is 2. The van der Waals surface area contributed by atoms with E-state index in [9.17, 15) is 9.59 Å². The molecular weight excluding hydrogens is 510 g/mol. The molecule has 0 unspecified atom stereocenters. The molecule has 38 heavy (non-hydrogen) atoms. The lowest BCUT2D eigenvalue weighted by atomic mass is 9.86. The molecule has 2 aliphatic carbocycles. The van der Waals surface area contributed by atoms with Crippen LogP contribution in [0.5, 0.6) is 0 Å². The van der Waals surface area contributed by atoms with Crippen LogP contribution in [0.25, 0.3) is 16.9 Å². The first-order chi connectivity index (χ1) is 18.4. The molecule has 0 spiro atoms. The molecule has 11 nitrogen and oxygen atoms in total. The maximum Gasteiger partial charge on any atom is 0.308 e. The number of rotatable bonds is 5. The molecule has 12 heteroatoms. The number of carbonyl (C=O) groups is 2. The zero-order valence-electron chi connectivity index (χ0n) is 21.7. The number of anilines is 1. The van der Waals surface area contributed by atoms with Gasteiger partial charge in [0, 0.05) is 12.1 Å². The molecule has 2 fully saturated rings. The normalized spacial score (nSPS) is 23.2. The van der Waals surface area contributed by atoms with Crippen molar-refractivity contribution in [3.05, 3.63) is 35.5 Å². The highest BCUT2D eigenvalue weighted by Gasteiger charge is 2.27. The van der Waals surface area contributed by atoms with E-state index >= 15 is 0 Å². The maximum absolute atomic E-state index is 11.7. The molecule has 0 aliphatic heterocycles. The number of carbonyl (C=O) groups excluding carboxylic acids is 2. The van der Waals surface area contributed by atoms with Crippen LogP contribution in [-0.2, 0) is 19.1 Å². The molecule has 0 amide bonds. The number of fused-ring (bicyclic) bond motifs is 1. The van der Waals surface area contributed by atoms with Crippen molar-refractivity contribution in [1.82, 2.24) is 25.0 Å². The van der Waals surface area contributed by atoms with E-state index < -0.39 is 0 Å². The summed E-state index contributed by atoms with van der Waals surface area (Å²) in [6.45, 7) is 0. The van der Waals surface area contributed by atoms with Gasteiger partial charge in [-0.25, -0.2) is 4.98 Å². The molecule has 0 radical (unpaired) electrons. The van der Waals surface area contributed by atoms with Gasteiger partial charge in [-0.1, -0.05) is 28.9 Å². The summed E-state index contributed by atoms with van der Waals surface area (Å²) >= 11 is 6.31. The summed E-state index contributed by atoms with van der Waals surface area (Å²) in [5, 5.41) is 12.0. The second-order valence-corrected chi connectivity index (χ2v) is 10.1. The lowest BCUT2D eigenvalue weighted by Crippen LogP contribution is -2.30. The minimum Gasteiger partial charge on any atom is -0.469 e. The number of esters is 2. The molecule has 0 bridgehead atoms. The molecule has 5 rings (SSSR count). The van der Waals surface area contributed by atoms with Gasteiger partial charge in [-0.2, -0.15) is 9.67 Å². The molecule has 2 saturated carbocycles. The van der Waals surface area contributed by atoms with Crippen molar-refractivity contribution in [2.75, 3.05) is 19.5 Å². The highest BCUT2D eigenvalue weighted by molar-refractivity contribution is 6.32. The molecular formula is C26H34ClN7O4. The molecule has 0 atom stereocenters. The van der Waals surface area contributed by atoms with Gasteiger partial charge in [-0.3, -0.25) is 9.59 Å². The Morgan fingerprint density at radius 3 is 2.21 bits per heavy atom. The number of nitrogens with one attached hydrogen (secondary N) is 1. The number of hydrogen-bond donors (Lipinski definition) is 2. The zero-order chi connectivity index (χ0) is 27.1. The van der Waals surface area contributed by atoms with E-state index in [0.29, 0.717) is 22.8 Å². The van der Waals surface area contributed by atoms with Crippen LogP contribution in [0.1, 0.15) is 51.4 Å². The van der Waals surface area contributed by atoms with Crippen LogP contribution in [0.4, 0.5) is 5.95 Å². The van der Waals surface area contributed by atoms with Crippen LogP contribution in [0.15, 0.2) is 30.5 Å². The SMILES string of the molecule is COC(=O)C1CCC(N)CC1.COC(=O)C1CCC(Nc2ncc(Cl)c(-n3nnc4ccccc43)n2)CC1. The molecule has 3 aromatic rings. The van der Waals surface area contributed by atoms with Crippen LogP contribution < -0.4 is 11.1 Å². The second-order valence-electron chi connectivity index (χ2n) is 9.71. The summed E-state index contributed by atoms with van der Waals surface area (Å²) < 4.78 is 11.1. The average molecular weight is 544 g/mol. The minimum absolute atomic E-state index is 0.0174. The monoisotopic (exact) mass is 543 g/mol. The van der Waals surface area contributed by atoms with Gasteiger partial charge >= 0.3 is 11.9 Å². The third-order valence-corrected chi connectivity index (χ3v) is 7.45.